The third-order valence-electron chi connectivity index (χ3n) is 3.39. The van der Waals surface area contributed by atoms with E-state index in [2.05, 4.69) is 28.8 Å². The van der Waals surface area contributed by atoms with Crippen molar-refractivity contribution >= 4 is 0 Å². The smallest absolute Gasteiger partial charge is 0.141 e. The molecule has 0 saturated carbocycles. The average molecular weight is 223 g/mol. The van der Waals surface area contributed by atoms with Crippen LogP contribution in [0.4, 0.5) is 0 Å². The van der Waals surface area contributed by atoms with Gasteiger partial charge in [-0.1, -0.05) is 0 Å². The molecule has 5 nitrogen and oxygen atoms in total. The fourth-order valence-electron chi connectivity index (χ4n) is 2.35. The van der Waals surface area contributed by atoms with Gasteiger partial charge in [-0.25, -0.2) is 9.67 Å². The van der Waals surface area contributed by atoms with Crippen LogP contribution in [0.5, 0.6) is 0 Å². The summed E-state index contributed by atoms with van der Waals surface area (Å²) in [5.74, 6) is 1.06. The van der Waals surface area contributed by atoms with Crippen molar-refractivity contribution in [2.24, 2.45) is 5.73 Å². The molecule has 2 rings (SSSR count). The van der Waals surface area contributed by atoms with Crippen LogP contribution in [0.15, 0.2) is 6.33 Å². The first-order chi connectivity index (χ1) is 7.70. The minimum absolute atomic E-state index is 0.371. The summed E-state index contributed by atoms with van der Waals surface area (Å²) in [5, 5.41) is 4.19. The minimum Gasteiger partial charge on any atom is -0.328 e. The van der Waals surface area contributed by atoms with Crippen molar-refractivity contribution in [3.8, 4) is 0 Å². The SMILES string of the molecule is CCn1ncnc1CN1CCC(N)CC1C. The Morgan fingerprint density at radius 2 is 2.38 bits per heavy atom. The molecule has 0 amide bonds. The molecular weight excluding hydrogens is 202 g/mol. The van der Waals surface area contributed by atoms with Crippen LogP contribution in [-0.2, 0) is 13.1 Å². The highest BCUT2D eigenvalue weighted by molar-refractivity contribution is 4.89. The van der Waals surface area contributed by atoms with Crippen molar-refractivity contribution in [3.05, 3.63) is 12.2 Å². The minimum atomic E-state index is 0.371. The van der Waals surface area contributed by atoms with E-state index in [1.807, 2.05) is 4.68 Å². The molecule has 90 valence electrons. The van der Waals surface area contributed by atoms with Crippen molar-refractivity contribution in [2.75, 3.05) is 6.54 Å². The number of rotatable bonds is 3. The van der Waals surface area contributed by atoms with Gasteiger partial charge in [0.25, 0.3) is 0 Å². The molecule has 16 heavy (non-hydrogen) atoms. The predicted octanol–water partition coefficient (Wildman–Crippen LogP) is 0.610. The summed E-state index contributed by atoms with van der Waals surface area (Å²) in [7, 11) is 0. The van der Waals surface area contributed by atoms with Gasteiger partial charge in [0, 0.05) is 25.2 Å². The van der Waals surface area contributed by atoms with E-state index in [9.17, 15) is 0 Å². The van der Waals surface area contributed by atoms with Crippen LogP contribution in [-0.4, -0.2) is 38.3 Å². The highest BCUT2D eigenvalue weighted by atomic mass is 15.3. The van der Waals surface area contributed by atoms with Crippen molar-refractivity contribution < 1.29 is 0 Å². The summed E-state index contributed by atoms with van der Waals surface area (Å²) in [6.07, 6.45) is 3.81. The van der Waals surface area contributed by atoms with Gasteiger partial charge < -0.3 is 5.73 Å². The van der Waals surface area contributed by atoms with E-state index in [4.69, 9.17) is 5.73 Å². The van der Waals surface area contributed by atoms with E-state index in [-0.39, 0.29) is 0 Å². The summed E-state index contributed by atoms with van der Waals surface area (Å²) in [5.41, 5.74) is 5.96. The van der Waals surface area contributed by atoms with E-state index in [1.165, 1.54) is 0 Å². The number of aromatic nitrogens is 3. The van der Waals surface area contributed by atoms with Gasteiger partial charge in [0.1, 0.15) is 12.2 Å². The zero-order chi connectivity index (χ0) is 11.5. The summed E-state index contributed by atoms with van der Waals surface area (Å²) in [6.45, 7) is 7.18. The molecule has 1 aromatic rings. The summed E-state index contributed by atoms with van der Waals surface area (Å²) >= 11 is 0. The van der Waals surface area contributed by atoms with Gasteiger partial charge in [-0.05, 0) is 26.7 Å². The number of nitrogens with two attached hydrogens (primary N) is 1. The Bertz CT molecular complexity index is 335. The monoisotopic (exact) mass is 223 g/mol. The van der Waals surface area contributed by atoms with Crippen molar-refractivity contribution in [1.29, 1.82) is 0 Å². The van der Waals surface area contributed by atoms with Gasteiger partial charge >= 0.3 is 0 Å². The van der Waals surface area contributed by atoms with E-state index in [0.29, 0.717) is 12.1 Å². The maximum Gasteiger partial charge on any atom is 0.141 e. The molecule has 0 aromatic carbocycles. The number of hydrogen-bond donors (Lipinski definition) is 1. The standard InChI is InChI=1S/C11H21N5/c1-3-16-11(13-8-14-16)7-15-5-4-10(12)6-9(15)2/h8-10H,3-7,12H2,1-2H3. The van der Waals surface area contributed by atoms with Crippen molar-refractivity contribution in [1.82, 2.24) is 19.7 Å². The molecule has 2 heterocycles. The number of hydrogen-bond acceptors (Lipinski definition) is 4. The lowest BCUT2D eigenvalue weighted by Gasteiger charge is -2.35. The second-order valence-electron chi connectivity index (χ2n) is 4.60. The van der Waals surface area contributed by atoms with Gasteiger partial charge in [-0.15, -0.1) is 0 Å². The van der Waals surface area contributed by atoms with Crippen molar-refractivity contribution in [2.45, 2.75) is 51.9 Å². The predicted molar refractivity (Wildman–Crippen MR) is 62.8 cm³/mol. The zero-order valence-corrected chi connectivity index (χ0v) is 10.1. The molecule has 1 aromatic heterocycles. The van der Waals surface area contributed by atoms with Crippen molar-refractivity contribution in [3.63, 3.8) is 0 Å². The Labute approximate surface area is 96.6 Å². The van der Waals surface area contributed by atoms with Crippen LogP contribution >= 0.6 is 0 Å². The highest BCUT2D eigenvalue weighted by Gasteiger charge is 2.24. The number of aryl methyl sites for hydroxylation is 1. The zero-order valence-electron chi connectivity index (χ0n) is 10.1. The van der Waals surface area contributed by atoms with E-state index in [1.54, 1.807) is 6.33 Å². The van der Waals surface area contributed by atoms with Gasteiger partial charge in [-0.3, -0.25) is 4.90 Å². The molecule has 0 radical (unpaired) electrons. The van der Waals surface area contributed by atoms with Crippen LogP contribution in [0.1, 0.15) is 32.5 Å². The molecule has 0 aliphatic carbocycles. The Kier molecular flexibility index (Phi) is 3.56. The first-order valence-electron chi connectivity index (χ1n) is 6.07. The molecule has 1 fully saturated rings. The highest BCUT2D eigenvalue weighted by Crippen LogP contribution is 2.17. The largest absolute Gasteiger partial charge is 0.328 e. The normalized spacial score (nSPS) is 27.2. The first kappa shape index (κ1) is 11.5. The van der Waals surface area contributed by atoms with Gasteiger partial charge in [0.15, 0.2) is 0 Å². The lowest BCUT2D eigenvalue weighted by Crippen LogP contribution is -2.45. The molecule has 2 unspecified atom stereocenters. The van der Waals surface area contributed by atoms with Crippen LogP contribution in [0.3, 0.4) is 0 Å². The molecular formula is C11H21N5. The van der Waals surface area contributed by atoms with Crippen LogP contribution in [0.2, 0.25) is 0 Å². The summed E-state index contributed by atoms with van der Waals surface area (Å²) in [6, 6.07) is 0.918. The Morgan fingerprint density at radius 3 is 3.06 bits per heavy atom. The third-order valence-corrected chi connectivity index (χ3v) is 3.39. The Hall–Kier alpha value is -0.940. The lowest BCUT2D eigenvalue weighted by molar-refractivity contribution is 0.134. The van der Waals surface area contributed by atoms with Gasteiger partial charge in [-0.2, -0.15) is 5.10 Å². The summed E-state index contributed by atoms with van der Waals surface area (Å²) in [4.78, 5) is 6.76. The molecule has 1 saturated heterocycles. The second-order valence-corrected chi connectivity index (χ2v) is 4.60. The van der Waals surface area contributed by atoms with E-state index in [0.717, 1.165) is 38.3 Å². The number of piperidine rings is 1. The van der Waals surface area contributed by atoms with Gasteiger partial charge in [0.2, 0.25) is 0 Å². The Morgan fingerprint density at radius 1 is 1.56 bits per heavy atom. The van der Waals surface area contributed by atoms with Crippen LogP contribution in [0.25, 0.3) is 0 Å². The first-order valence-corrected chi connectivity index (χ1v) is 6.07. The molecule has 5 heteroatoms. The maximum atomic E-state index is 5.96. The van der Waals surface area contributed by atoms with E-state index < -0.39 is 0 Å². The second kappa shape index (κ2) is 4.93. The molecule has 2 atom stereocenters. The Balaban J connectivity index is 1.99. The maximum absolute atomic E-state index is 5.96. The van der Waals surface area contributed by atoms with Crippen LogP contribution in [0, 0.1) is 0 Å². The number of likely N-dealkylation sites (tertiary alicyclic amines) is 1. The summed E-state index contributed by atoms with van der Waals surface area (Å²) < 4.78 is 1.96. The van der Waals surface area contributed by atoms with Crippen LogP contribution < -0.4 is 5.73 Å². The molecule has 2 N–H and O–H groups in total. The van der Waals surface area contributed by atoms with Gasteiger partial charge in [0.05, 0.1) is 6.54 Å². The average Bonchev–Trinajstić information content (AvgIpc) is 2.69. The topological polar surface area (TPSA) is 60.0 Å². The third kappa shape index (κ3) is 2.41. The quantitative estimate of drug-likeness (QED) is 0.815. The molecule has 1 aliphatic heterocycles. The van der Waals surface area contributed by atoms with E-state index >= 15 is 0 Å². The lowest BCUT2D eigenvalue weighted by atomic mass is 9.99. The number of nitrogens with zero attached hydrogens (tertiary/aromatic N) is 4. The molecule has 0 bridgehead atoms. The molecule has 0 spiro atoms. The fraction of sp³-hybridized carbons (Fsp3) is 0.818. The molecule has 1 aliphatic rings. The fourth-order valence-corrected chi connectivity index (χ4v) is 2.35.